The molecule has 2 atom stereocenters. The van der Waals surface area contributed by atoms with Crippen LogP contribution >= 0.6 is 0 Å². The second-order valence-electron chi connectivity index (χ2n) is 2.65. The molecule has 1 fully saturated rings. The van der Waals surface area contributed by atoms with E-state index >= 15 is 0 Å². The third-order valence-corrected chi connectivity index (χ3v) is 3.39. The van der Waals surface area contributed by atoms with Gasteiger partial charge in [0.25, 0.3) is 0 Å². The van der Waals surface area contributed by atoms with E-state index in [9.17, 15) is 4.21 Å². The molecular formula is C6H13NO2S. The smallest absolute Gasteiger partial charge is 0.0706 e. The number of aliphatic hydroxyl groups excluding tert-OH is 1. The fourth-order valence-electron chi connectivity index (χ4n) is 1.08. The average Bonchev–Trinajstić information content (AvgIpc) is 1.94. The summed E-state index contributed by atoms with van der Waals surface area (Å²) < 4.78 is 11.1. The molecule has 1 aliphatic heterocycles. The van der Waals surface area contributed by atoms with E-state index in [1.165, 1.54) is 0 Å². The Labute approximate surface area is 63.5 Å². The van der Waals surface area contributed by atoms with Gasteiger partial charge in [0.2, 0.25) is 0 Å². The molecule has 0 aromatic heterocycles. The van der Waals surface area contributed by atoms with Gasteiger partial charge in [-0.25, -0.2) is 0 Å². The van der Waals surface area contributed by atoms with E-state index < -0.39 is 10.8 Å². The minimum Gasteiger partial charge on any atom is -0.395 e. The third-order valence-electron chi connectivity index (χ3n) is 1.76. The summed E-state index contributed by atoms with van der Waals surface area (Å²) in [5.41, 5.74) is 0. The predicted molar refractivity (Wildman–Crippen MR) is 41.4 cm³/mol. The van der Waals surface area contributed by atoms with E-state index in [2.05, 4.69) is 4.90 Å². The molecule has 1 N–H and O–H groups in total. The van der Waals surface area contributed by atoms with Gasteiger partial charge >= 0.3 is 0 Å². The molecule has 1 aliphatic rings. The third kappa shape index (κ3) is 1.78. The lowest BCUT2D eigenvalue weighted by Gasteiger charge is -2.27. The van der Waals surface area contributed by atoms with Gasteiger partial charge in [-0.05, 0) is 7.05 Å². The predicted octanol–water partition coefficient (Wildman–Crippen LogP) is -0.959. The first-order chi connectivity index (χ1) is 4.74. The first-order valence-corrected chi connectivity index (χ1v) is 4.79. The van der Waals surface area contributed by atoms with Crippen LogP contribution < -0.4 is 0 Å². The highest BCUT2D eigenvalue weighted by molar-refractivity contribution is 7.85. The minimum absolute atomic E-state index is 0.0150. The van der Waals surface area contributed by atoms with Crippen molar-refractivity contribution in [3.05, 3.63) is 0 Å². The Hall–Kier alpha value is 0.0700. The molecule has 4 heteroatoms. The maximum Gasteiger partial charge on any atom is 0.0706 e. The molecule has 1 saturated heterocycles. The number of hydrogen-bond acceptors (Lipinski definition) is 3. The first-order valence-electron chi connectivity index (χ1n) is 3.40. The van der Waals surface area contributed by atoms with Gasteiger partial charge in [0.15, 0.2) is 0 Å². The number of hydrogen-bond donors (Lipinski definition) is 1. The van der Waals surface area contributed by atoms with Crippen LogP contribution in [0.15, 0.2) is 0 Å². The number of aliphatic hydroxyl groups is 1. The van der Waals surface area contributed by atoms with Gasteiger partial charge in [-0.3, -0.25) is 4.21 Å². The van der Waals surface area contributed by atoms with Crippen molar-refractivity contribution in [1.29, 1.82) is 0 Å². The topological polar surface area (TPSA) is 40.5 Å². The summed E-state index contributed by atoms with van der Waals surface area (Å²) in [7, 11) is 1.19. The molecule has 0 bridgehead atoms. The fraction of sp³-hybridized carbons (Fsp3) is 1.00. The van der Waals surface area contributed by atoms with E-state index in [4.69, 9.17) is 5.11 Å². The normalized spacial score (nSPS) is 36.2. The Morgan fingerprint density at radius 3 is 3.00 bits per heavy atom. The summed E-state index contributed by atoms with van der Waals surface area (Å²) in [6, 6.07) is 0. The zero-order valence-electron chi connectivity index (χ0n) is 6.12. The lowest BCUT2D eigenvalue weighted by atomic mass is 10.4. The molecule has 0 aromatic rings. The van der Waals surface area contributed by atoms with Crippen molar-refractivity contribution in [2.75, 3.05) is 32.5 Å². The summed E-state index contributed by atoms with van der Waals surface area (Å²) in [5, 5.41) is 8.74. The van der Waals surface area contributed by atoms with E-state index in [0.29, 0.717) is 5.75 Å². The largest absolute Gasteiger partial charge is 0.395 e. The zero-order chi connectivity index (χ0) is 7.56. The van der Waals surface area contributed by atoms with Crippen LogP contribution in [-0.2, 0) is 10.8 Å². The van der Waals surface area contributed by atoms with Gasteiger partial charge in [0.05, 0.1) is 11.9 Å². The Balaban J connectivity index is 2.45. The van der Waals surface area contributed by atoms with Crippen molar-refractivity contribution >= 4 is 10.8 Å². The quantitative estimate of drug-likeness (QED) is 0.541. The van der Waals surface area contributed by atoms with Crippen molar-refractivity contribution in [2.24, 2.45) is 0 Å². The zero-order valence-corrected chi connectivity index (χ0v) is 6.93. The van der Waals surface area contributed by atoms with Crippen molar-refractivity contribution < 1.29 is 9.32 Å². The second kappa shape index (κ2) is 3.46. The van der Waals surface area contributed by atoms with Crippen LogP contribution in [0.25, 0.3) is 0 Å². The molecular weight excluding hydrogens is 150 g/mol. The standard InChI is InChI=1S/C6H13NO2S/c1-7-2-3-10(9)6(4-7)5-8/h6,8H,2-5H2,1H3. The molecule has 0 saturated carbocycles. The van der Waals surface area contributed by atoms with E-state index in [0.717, 1.165) is 13.1 Å². The first kappa shape index (κ1) is 8.17. The molecule has 0 aliphatic carbocycles. The van der Waals surface area contributed by atoms with Crippen LogP contribution in [-0.4, -0.2) is 52.0 Å². The van der Waals surface area contributed by atoms with Crippen LogP contribution in [0.4, 0.5) is 0 Å². The van der Waals surface area contributed by atoms with Crippen LogP contribution in [0.5, 0.6) is 0 Å². The van der Waals surface area contributed by atoms with Crippen molar-refractivity contribution in [1.82, 2.24) is 4.90 Å². The summed E-state index contributed by atoms with van der Waals surface area (Å²) in [6.45, 7) is 1.71. The highest BCUT2D eigenvalue weighted by atomic mass is 32.2. The molecule has 10 heavy (non-hydrogen) atoms. The summed E-state index contributed by atoms with van der Waals surface area (Å²) in [5.74, 6) is 0.710. The van der Waals surface area contributed by atoms with E-state index in [1.54, 1.807) is 0 Å². The van der Waals surface area contributed by atoms with Crippen molar-refractivity contribution in [3.63, 3.8) is 0 Å². The Bertz CT molecular complexity index is 140. The molecule has 3 nitrogen and oxygen atoms in total. The van der Waals surface area contributed by atoms with E-state index in [-0.39, 0.29) is 11.9 Å². The van der Waals surface area contributed by atoms with Crippen molar-refractivity contribution in [2.45, 2.75) is 5.25 Å². The molecule has 1 rings (SSSR count). The van der Waals surface area contributed by atoms with Gasteiger partial charge in [0.1, 0.15) is 0 Å². The summed E-state index contributed by atoms with van der Waals surface area (Å²) in [4.78, 5) is 2.10. The average molecular weight is 163 g/mol. The molecule has 0 aromatic carbocycles. The lowest BCUT2D eigenvalue weighted by Crippen LogP contribution is -2.43. The highest BCUT2D eigenvalue weighted by Crippen LogP contribution is 2.05. The maximum absolute atomic E-state index is 11.1. The SMILES string of the molecule is CN1CCS(=O)C(CO)C1. The van der Waals surface area contributed by atoms with Crippen LogP contribution in [0, 0.1) is 0 Å². The molecule has 1 heterocycles. The summed E-state index contributed by atoms with van der Waals surface area (Å²) in [6.07, 6.45) is 0. The van der Waals surface area contributed by atoms with Gasteiger partial charge in [-0.2, -0.15) is 0 Å². The van der Waals surface area contributed by atoms with Gasteiger partial charge < -0.3 is 10.0 Å². The molecule has 2 unspecified atom stereocenters. The van der Waals surface area contributed by atoms with Crippen molar-refractivity contribution in [3.8, 4) is 0 Å². The Kier molecular flexibility index (Phi) is 2.82. The lowest BCUT2D eigenvalue weighted by molar-refractivity contribution is 0.249. The molecule has 0 radical (unpaired) electrons. The highest BCUT2D eigenvalue weighted by Gasteiger charge is 2.22. The van der Waals surface area contributed by atoms with Gasteiger partial charge in [-0.15, -0.1) is 0 Å². The molecule has 60 valence electrons. The van der Waals surface area contributed by atoms with E-state index in [1.807, 2.05) is 7.05 Å². The Morgan fingerprint density at radius 1 is 1.80 bits per heavy atom. The van der Waals surface area contributed by atoms with Crippen LogP contribution in [0.2, 0.25) is 0 Å². The van der Waals surface area contributed by atoms with Crippen LogP contribution in [0.3, 0.4) is 0 Å². The second-order valence-corrected chi connectivity index (χ2v) is 4.49. The summed E-state index contributed by atoms with van der Waals surface area (Å²) >= 11 is 0. The number of nitrogens with zero attached hydrogens (tertiary/aromatic N) is 1. The maximum atomic E-state index is 11.1. The minimum atomic E-state index is -0.790. The van der Waals surface area contributed by atoms with Gasteiger partial charge in [-0.1, -0.05) is 0 Å². The molecule has 0 spiro atoms. The Morgan fingerprint density at radius 2 is 2.50 bits per heavy atom. The fourth-order valence-corrected chi connectivity index (χ4v) is 2.49. The molecule has 0 amide bonds. The van der Waals surface area contributed by atoms with Gasteiger partial charge in [0, 0.05) is 29.6 Å². The monoisotopic (exact) mass is 163 g/mol. The number of rotatable bonds is 1. The van der Waals surface area contributed by atoms with Crippen LogP contribution in [0.1, 0.15) is 0 Å².